The fourth-order valence-corrected chi connectivity index (χ4v) is 2.07. The molecule has 64 valence electrons. The van der Waals surface area contributed by atoms with Gasteiger partial charge in [-0.3, -0.25) is 11.4 Å². The molecule has 2 fully saturated rings. The SMILES string of the molecule is [CH-]1CCN2CCCCCC2N1. The molecule has 11 heavy (non-hydrogen) atoms. The molecule has 2 aliphatic heterocycles. The molecule has 0 saturated carbocycles. The van der Waals surface area contributed by atoms with Crippen LogP contribution >= 0.6 is 0 Å². The van der Waals surface area contributed by atoms with Gasteiger partial charge in [0, 0.05) is 6.17 Å². The van der Waals surface area contributed by atoms with E-state index in [-0.39, 0.29) is 0 Å². The Morgan fingerprint density at radius 2 is 2.18 bits per heavy atom. The van der Waals surface area contributed by atoms with E-state index in [1.54, 1.807) is 0 Å². The summed E-state index contributed by atoms with van der Waals surface area (Å²) in [5.41, 5.74) is 0. The predicted molar refractivity (Wildman–Crippen MR) is 45.9 cm³/mol. The van der Waals surface area contributed by atoms with Crippen LogP contribution in [0.5, 0.6) is 0 Å². The third-order valence-electron chi connectivity index (χ3n) is 2.73. The number of rotatable bonds is 0. The zero-order chi connectivity index (χ0) is 7.52. The van der Waals surface area contributed by atoms with Crippen LogP contribution in [0.15, 0.2) is 0 Å². The van der Waals surface area contributed by atoms with Crippen molar-refractivity contribution in [2.45, 2.75) is 38.3 Å². The maximum atomic E-state index is 3.46. The van der Waals surface area contributed by atoms with Gasteiger partial charge in [0.2, 0.25) is 0 Å². The van der Waals surface area contributed by atoms with Crippen LogP contribution in [0.25, 0.3) is 0 Å². The Morgan fingerprint density at radius 1 is 1.18 bits per heavy atom. The van der Waals surface area contributed by atoms with E-state index in [1.807, 2.05) is 0 Å². The summed E-state index contributed by atoms with van der Waals surface area (Å²) in [5.74, 6) is 0. The molecule has 0 aromatic rings. The van der Waals surface area contributed by atoms with Crippen molar-refractivity contribution >= 4 is 0 Å². The van der Waals surface area contributed by atoms with Gasteiger partial charge in [-0.1, -0.05) is 12.8 Å². The van der Waals surface area contributed by atoms with Gasteiger partial charge in [-0.05, 0) is 25.9 Å². The summed E-state index contributed by atoms with van der Waals surface area (Å²) in [6, 6.07) is 0. The quantitative estimate of drug-likeness (QED) is 0.528. The average molecular weight is 153 g/mol. The van der Waals surface area contributed by atoms with Crippen LogP contribution < -0.4 is 5.32 Å². The van der Waals surface area contributed by atoms with Crippen LogP contribution in [0.3, 0.4) is 0 Å². The molecule has 2 saturated heterocycles. The van der Waals surface area contributed by atoms with Crippen molar-refractivity contribution in [3.8, 4) is 0 Å². The Labute approximate surface area is 69.0 Å². The van der Waals surface area contributed by atoms with Crippen molar-refractivity contribution in [1.29, 1.82) is 0 Å². The number of nitrogens with zero attached hydrogens (tertiary/aromatic N) is 1. The highest BCUT2D eigenvalue weighted by molar-refractivity contribution is 4.82. The van der Waals surface area contributed by atoms with Crippen molar-refractivity contribution in [2.75, 3.05) is 13.1 Å². The highest BCUT2D eigenvalue weighted by Gasteiger charge is 2.18. The number of hydrogen-bond acceptors (Lipinski definition) is 2. The fourth-order valence-electron chi connectivity index (χ4n) is 2.07. The maximum Gasteiger partial charge on any atom is 0.0327 e. The molecule has 1 N–H and O–H groups in total. The molecule has 0 bridgehead atoms. The van der Waals surface area contributed by atoms with Gasteiger partial charge in [0.1, 0.15) is 0 Å². The lowest BCUT2D eigenvalue weighted by Gasteiger charge is -2.41. The van der Waals surface area contributed by atoms with Gasteiger partial charge in [0.05, 0.1) is 0 Å². The van der Waals surface area contributed by atoms with Crippen molar-refractivity contribution in [3.63, 3.8) is 0 Å². The second-order valence-electron chi connectivity index (χ2n) is 3.56. The van der Waals surface area contributed by atoms with Gasteiger partial charge in [0.15, 0.2) is 0 Å². The van der Waals surface area contributed by atoms with E-state index >= 15 is 0 Å². The molecule has 0 aliphatic carbocycles. The van der Waals surface area contributed by atoms with Crippen LogP contribution in [0.1, 0.15) is 32.1 Å². The Hall–Kier alpha value is -0.0800. The van der Waals surface area contributed by atoms with Gasteiger partial charge in [-0.2, -0.15) is 6.42 Å². The van der Waals surface area contributed by atoms with Crippen molar-refractivity contribution in [3.05, 3.63) is 6.54 Å². The van der Waals surface area contributed by atoms with E-state index in [0.717, 1.165) is 0 Å². The van der Waals surface area contributed by atoms with Gasteiger partial charge < -0.3 is 5.32 Å². The first-order chi connectivity index (χ1) is 5.47. The predicted octanol–water partition coefficient (Wildman–Crippen LogP) is 1.34. The van der Waals surface area contributed by atoms with Crippen molar-refractivity contribution in [1.82, 2.24) is 10.2 Å². The molecule has 0 radical (unpaired) electrons. The summed E-state index contributed by atoms with van der Waals surface area (Å²) >= 11 is 0. The molecule has 0 amide bonds. The number of hydrogen-bond donors (Lipinski definition) is 1. The van der Waals surface area contributed by atoms with Crippen molar-refractivity contribution < 1.29 is 0 Å². The monoisotopic (exact) mass is 153 g/mol. The largest absolute Gasteiger partial charge is 0.455 e. The first-order valence-corrected chi connectivity index (χ1v) is 4.78. The Bertz CT molecular complexity index is 111. The molecule has 2 heteroatoms. The zero-order valence-electron chi connectivity index (χ0n) is 7.05. The van der Waals surface area contributed by atoms with Crippen LogP contribution in [0.2, 0.25) is 0 Å². The van der Waals surface area contributed by atoms with Crippen LogP contribution in [0.4, 0.5) is 0 Å². The number of nitrogens with one attached hydrogen (secondary N) is 1. The lowest BCUT2D eigenvalue weighted by atomic mass is 10.2. The Morgan fingerprint density at radius 3 is 3.18 bits per heavy atom. The summed E-state index contributed by atoms with van der Waals surface area (Å²) in [6.45, 7) is 4.82. The first-order valence-electron chi connectivity index (χ1n) is 4.78. The van der Waals surface area contributed by atoms with Gasteiger partial charge in [-0.25, -0.2) is 0 Å². The van der Waals surface area contributed by atoms with Gasteiger partial charge in [0.25, 0.3) is 0 Å². The minimum absolute atomic E-state index is 0.672. The van der Waals surface area contributed by atoms with E-state index in [0.29, 0.717) is 6.17 Å². The van der Waals surface area contributed by atoms with E-state index in [2.05, 4.69) is 16.8 Å². The molecular formula is C9H17N2-. The van der Waals surface area contributed by atoms with E-state index in [1.165, 1.54) is 45.2 Å². The van der Waals surface area contributed by atoms with Crippen molar-refractivity contribution in [2.24, 2.45) is 0 Å². The average Bonchev–Trinajstić information content (AvgIpc) is 2.28. The minimum atomic E-state index is 0.672. The molecular weight excluding hydrogens is 136 g/mol. The first kappa shape index (κ1) is 7.56. The molecule has 2 rings (SSSR count). The van der Waals surface area contributed by atoms with E-state index in [9.17, 15) is 0 Å². The second kappa shape index (κ2) is 3.55. The molecule has 0 spiro atoms. The van der Waals surface area contributed by atoms with Crippen LogP contribution in [0, 0.1) is 6.54 Å². The molecule has 2 nitrogen and oxygen atoms in total. The smallest absolute Gasteiger partial charge is 0.0327 e. The molecule has 2 heterocycles. The Balaban J connectivity index is 1.93. The van der Waals surface area contributed by atoms with Crippen LogP contribution in [-0.4, -0.2) is 24.2 Å². The summed E-state index contributed by atoms with van der Waals surface area (Å²) in [4.78, 5) is 2.59. The standard InChI is InChI=1S/C9H17N2/c1-2-5-9-10-6-4-8-11(9)7-3-1/h6,9-10H,1-5,7-8H2/q-1. The minimum Gasteiger partial charge on any atom is -0.455 e. The van der Waals surface area contributed by atoms with E-state index in [4.69, 9.17) is 0 Å². The third kappa shape index (κ3) is 1.74. The third-order valence-corrected chi connectivity index (χ3v) is 2.73. The topological polar surface area (TPSA) is 15.3 Å². The maximum absolute atomic E-state index is 3.46. The Kier molecular flexibility index (Phi) is 2.44. The summed E-state index contributed by atoms with van der Waals surface area (Å²) in [5, 5.41) is 3.46. The molecule has 1 unspecified atom stereocenters. The normalized spacial score (nSPS) is 34.4. The lowest BCUT2D eigenvalue weighted by molar-refractivity contribution is 0.150. The number of fused-ring (bicyclic) bond motifs is 1. The highest BCUT2D eigenvalue weighted by Crippen LogP contribution is 2.18. The molecule has 2 aliphatic rings. The van der Waals surface area contributed by atoms with Gasteiger partial charge in [-0.15, -0.1) is 0 Å². The summed E-state index contributed by atoms with van der Waals surface area (Å²) in [6.07, 6.45) is 7.47. The lowest BCUT2D eigenvalue weighted by Crippen LogP contribution is -2.48. The molecule has 0 aromatic heterocycles. The summed E-state index contributed by atoms with van der Waals surface area (Å²) < 4.78 is 0. The molecule has 1 atom stereocenters. The van der Waals surface area contributed by atoms with E-state index < -0.39 is 0 Å². The zero-order valence-corrected chi connectivity index (χ0v) is 7.05. The van der Waals surface area contributed by atoms with Gasteiger partial charge >= 0.3 is 0 Å². The second-order valence-corrected chi connectivity index (χ2v) is 3.56. The summed E-state index contributed by atoms with van der Waals surface area (Å²) in [7, 11) is 0. The fraction of sp³-hybridized carbons (Fsp3) is 0.889. The molecule has 0 aromatic carbocycles. The van der Waals surface area contributed by atoms with Crippen LogP contribution in [-0.2, 0) is 0 Å². The highest BCUT2D eigenvalue weighted by atomic mass is 15.3.